The highest BCUT2D eigenvalue weighted by Gasteiger charge is 2.19. The average molecular weight is 326 g/mol. The summed E-state index contributed by atoms with van der Waals surface area (Å²) in [5.74, 6) is 1.27. The van der Waals surface area contributed by atoms with E-state index < -0.39 is 0 Å². The van der Waals surface area contributed by atoms with E-state index in [9.17, 15) is 0 Å². The van der Waals surface area contributed by atoms with Crippen LogP contribution in [0.4, 0.5) is 0 Å². The molecular formula is C18H26N6. The zero-order valence-electron chi connectivity index (χ0n) is 14.6. The number of aryl methyl sites for hydroxylation is 1. The molecule has 4 heterocycles. The van der Waals surface area contributed by atoms with Crippen LogP contribution in [-0.4, -0.2) is 42.5 Å². The molecule has 0 aliphatic carbocycles. The van der Waals surface area contributed by atoms with E-state index in [1.165, 1.54) is 23.5 Å². The van der Waals surface area contributed by atoms with E-state index in [1.54, 1.807) is 0 Å². The lowest BCUT2D eigenvalue weighted by Gasteiger charge is -2.20. The fourth-order valence-corrected chi connectivity index (χ4v) is 3.66. The topological polar surface area (TPSA) is 51.8 Å². The van der Waals surface area contributed by atoms with Crippen LogP contribution < -0.4 is 0 Å². The van der Waals surface area contributed by atoms with Crippen LogP contribution in [0, 0.1) is 0 Å². The van der Waals surface area contributed by atoms with Crippen LogP contribution in [0.15, 0.2) is 18.5 Å². The Morgan fingerprint density at radius 2 is 2.08 bits per heavy atom. The molecular weight excluding hydrogens is 300 g/mol. The van der Waals surface area contributed by atoms with Crippen molar-refractivity contribution in [1.29, 1.82) is 0 Å². The van der Waals surface area contributed by atoms with E-state index in [4.69, 9.17) is 0 Å². The van der Waals surface area contributed by atoms with Crippen molar-refractivity contribution in [3.8, 4) is 0 Å². The van der Waals surface area contributed by atoms with E-state index >= 15 is 0 Å². The monoisotopic (exact) mass is 326 g/mol. The second-order valence-corrected chi connectivity index (χ2v) is 7.14. The minimum absolute atomic E-state index is 0.359. The van der Waals surface area contributed by atoms with E-state index in [0.717, 1.165) is 51.1 Å². The normalized spacial score (nSPS) is 18.7. The third kappa shape index (κ3) is 3.02. The van der Waals surface area contributed by atoms with Gasteiger partial charge >= 0.3 is 0 Å². The van der Waals surface area contributed by atoms with Gasteiger partial charge in [0.25, 0.3) is 0 Å². The number of aromatic nitrogens is 5. The van der Waals surface area contributed by atoms with Crippen LogP contribution in [0.5, 0.6) is 0 Å². The molecule has 0 radical (unpaired) electrons. The van der Waals surface area contributed by atoms with E-state index in [-0.39, 0.29) is 0 Å². The minimum atomic E-state index is 0.359. The number of imidazole rings is 1. The summed E-state index contributed by atoms with van der Waals surface area (Å²) in [6.07, 6.45) is 11.0. The van der Waals surface area contributed by atoms with Crippen molar-refractivity contribution < 1.29 is 0 Å². The minimum Gasteiger partial charge on any atom is -0.331 e. The van der Waals surface area contributed by atoms with Gasteiger partial charge in [0, 0.05) is 44.8 Å². The summed E-state index contributed by atoms with van der Waals surface area (Å²) in [5, 5.41) is 8.60. The van der Waals surface area contributed by atoms with Gasteiger partial charge in [-0.15, -0.1) is 5.10 Å². The molecule has 6 nitrogen and oxygen atoms in total. The van der Waals surface area contributed by atoms with Crippen molar-refractivity contribution in [2.75, 3.05) is 13.1 Å². The molecule has 0 spiro atoms. The van der Waals surface area contributed by atoms with Crippen LogP contribution in [0.3, 0.4) is 0 Å². The Balaban J connectivity index is 1.40. The Hall–Kier alpha value is -1.95. The smallest absolute Gasteiger partial charge is 0.108 e. The highest BCUT2D eigenvalue weighted by molar-refractivity contribution is 5.62. The molecule has 0 saturated carbocycles. The van der Waals surface area contributed by atoms with E-state index in [1.807, 2.05) is 4.68 Å². The van der Waals surface area contributed by atoms with Crippen molar-refractivity contribution in [3.05, 3.63) is 35.7 Å². The molecule has 6 heteroatoms. The lowest BCUT2D eigenvalue weighted by molar-refractivity contribution is 0.274. The Kier molecular flexibility index (Phi) is 4.22. The Bertz CT molecular complexity index is 739. The Labute approximate surface area is 143 Å². The van der Waals surface area contributed by atoms with Crippen LogP contribution >= 0.6 is 0 Å². The highest BCUT2D eigenvalue weighted by atomic mass is 15.4. The summed E-state index contributed by atoms with van der Waals surface area (Å²) in [7, 11) is 0. The van der Waals surface area contributed by atoms with Crippen LogP contribution in [-0.2, 0) is 19.5 Å². The fourth-order valence-electron chi connectivity index (χ4n) is 3.66. The van der Waals surface area contributed by atoms with Gasteiger partial charge in [0.1, 0.15) is 11.5 Å². The van der Waals surface area contributed by atoms with Crippen LogP contribution in [0.1, 0.15) is 56.4 Å². The second kappa shape index (κ2) is 6.51. The molecule has 0 atom stereocenters. The summed E-state index contributed by atoms with van der Waals surface area (Å²) in [6.45, 7) is 8.58. The van der Waals surface area contributed by atoms with Gasteiger partial charge in [-0.2, -0.15) is 0 Å². The molecule has 0 bridgehead atoms. The van der Waals surface area contributed by atoms with E-state index in [0.29, 0.717) is 6.04 Å². The Morgan fingerprint density at radius 3 is 2.92 bits per heavy atom. The van der Waals surface area contributed by atoms with Gasteiger partial charge < -0.3 is 4.57 Å². The van der Waals surface area contributed by atoms with Gasteiger partial charge in [0.05, 0.1) is 11.9 Å². The molecule has 0 aromatic carbocycles. The molecule has 0 fully saturated rings. The van der Waals surface area contributed by atoms with Crippen molar-refractivity contribution in [3.63, 3.8) is 0 Å². The first-order chi connectivity index (χ1) is 11.7. The summed E-state index contributed by atoms with van der Waals surface area (Å²) in [4.78, 5) is 7.11. The van der Waals surface area contributed by atoms with Gasteiger partial charge in [0.2, 0.25) is 0 Å². The van der Waals surface area contributed by atoms with Crippen LogP contribution in [0.25, 0.3) is 5.57 Å². The lowest BCUT2D eigenvalue weighted by atomic mass is 10.1. The number of hydrogen-bond donors (Lipinski definition) is 0. The van der Waals surface area contributed by atoms with Crippen molar-refractivity contribution in [2.24, 2.45) is 0 Å². The maximum atomic E-state index is 4.57. The zero-order chi connectivity index (χ0) is 16.5. The summed E-state index contributed by atoms with van der Waals surface area (Å²) in [5.41, 5.74) is 3.75. The predicted octanol–water partition coefficient (Wildman–Crippen LogP) is 2.68. The van der Waals surface area contributed by atoms with Gasteiger partial charge in [-0.1, -0.05) is 11.3 Å². The molecule has 2 aromatic rings. The van der Waals surface area contributed by atoms with Crippen molar-refractivity contribution in [2.45, 2.75) is 58.7 Å². The molecule has 128 valence electrons. The molecule has 2 aliphatic heterocycles. The largest absolute Gasteiger partial charge is 0.331 e. The molecule has 0 amide bonds. The van der Waals surface area contributed by atoms with Gasteiger partial charge in [-0.05, 0) is 38.7 Å². The van der Waals surface area contributed by atoms with Gasteiger partial charge in [-0.25, -0.2) is 9.67 Å². The molecule has 24 heavy (non-hydrogen) atoms. The number of rotatable bonds is 4. The fraction of sp³-hybridized carbons (Fsp3) is 0.611. The first-order valence-corrected chi connectivity index (χ1v) is 9.07. The first kappa shape index (κ1) is 15.6. The SMILES string of the molecule is CC(C)n1cc(C2=CCCN(Cc3cnc4n3CCC4)CC2)nn1. The average Bonchev–Trinajstić information content (AvgIpc) is 3.25. The standard InChI is InChI=1S/C18H26N6/c1-14(2)24-13-17(20-21-24)15-5-3-8-22(10-7-15)12-16-11-19-18-6-4-9-23(16)18/h5,11,13-14H,3-4,6-10,12H2,1-2H3. The zero-order valence-corrected chi connectivity index (χ0v) is 14.6. The molecule has 2 aliphatic rings. The van der Waals surface area contributed by atoms with Gasteiger partial charge in [0.15, 0.2) is 0 Å². The molecule has 0 unspecified atom stereocenters. The molecule has 4 rings (SSSR count). The molecule has 0 N–H and O–H groups in total. The van der Waals surface area contributed by atoms with Gasteiger partial charge in [-0.3, -0.25) is 4.90 Å². The second-order valence-electron chi connectivity index (χ2n) is 7.14. The van der Waals surface area contributed by atoms with E-state index in [2.05, 4.69) is 57.1 Å². The highest BCUT2D eigenvalue weighted by Crippen LogP contribution is 2.23. The predicted molar refractivity (Wildman–Crippen MR) is 93.4 cm³/mol. The Morgan fingerprint density at radius 1 is 1.17 bits per heavy atom. The molecule has 0 saturated heterocycles. The summed E-state index contributed by atoms with van der Waals surface area (Å²) < 4.78 is 4.35. The number of fused-ring (bicyclic) bond motifs is 1. The summed E-state index contributed by atoms with van der Waals surface area (Å²) in [6, 6.07) is 0.359. The third-order valence-corrected chi connectivity index (χ3v) is 5.09. The third-order valence-electron chi connectivity index (χ3n) is 5.09. The number of nitrogens with zero attached hydrogens (tertiary/aromatic N) is 6. The molecule has 2 aromatic heterocycles. The first-order valence-electron chi connectivity index (χ1n) is 9.07. The maximum absolute atomic E-state index is 4.57. The van der Waals surface area contributed by atoms with Crippen molar-refractivity contribution >= 4 is 5.57 Å². The van der Waals surface area contributed by atoms with Crippen LogP contribution in [0.2, 0.25) is 0 Å². The summed E-state index contributed by atoms with van der Waals surface area (Å²) >= 11 is 0. The maximum Gasteiger partial charge on any atom is 0.108 e. The van der Waals surface area contributed by atoms with Crippen molar-refractivity contribution in [1.82, 2.24) is 29.4 Å². The quantitative estimate of drug-likeness (QED) is 0.867. The lowest BCUT2D eigenvalue weighted by Crippen LogP contribution is -2.25. The number of hydrogen-bond acceptors (Lipinski definition) is 4.